The number of nitrogens with one attached hydrogen (secondary N) is 1. The number of thiophene rings is 1. The van der Waals surface area contributed by atoms with E-state index in [2.05, 4.69) is 4.72 Å². The van der Waals surface area contributed by atoms with E-state index in [4.69, 9.17) is 5.73 Å². The van der Waals surface area contributed by atoms with Crippen LogP contribution in [0.4, 0.5) is 0 Å². The molecule has 1 fully saturated rings. The lowest BCUT2D eigenvalue weighted by molar-refractivity contribution is 0.562. The molecule has 2 heterocycles. The van der Waals surface area contributed by atoms with Crippen LogP contribution in [0.1, 0.15) is 16.9 Å². The maximum absolute atomic E-state index is 12.3. The molecule has 1 aromatic rings. The van der Waals surface area contributed by atoms with Crippen molar-refractivity contribution in [3.8, 4) is 0 Å². The molecule has 17 heavy (non-hydrogen) atoms. The Bertz CT molecular complexity index is 490. The van der Waals surface area contributed by atoms with Gasteiger partial charge in [0.1, 0.15) is 4.90 Å². The van der Waals surface area contributed by atoms with Crippen LogP contribution in [0.25, 0.3) is 0 Å². The van der Waals surface area contributed by atoms with Crippen molar-refractivity contribution < 1.29 is 8.42 Å². The number of sulfonamides is 1. The van der Waals surface area contributed by atoms with Gasteiger partial charge in [0.15, 0.2) is 0 Å². The third kappa shape index (κ3) is 2.85. The van der Waals surface area contributed by atoms with Crippen LogP contribution >= 0.6 is 23.1 Å². The fourth-order valence-electron chi connectivity index (χ4n) is 1.89. The zero-order valence-corrected chi connectivity index (χ0v) is 12.1. The Morgan fingerprint density at radius 2 is 2.35 bits per heavy atom. The first-order valence-corrected chi connectivity index (χ1v) is 8.93. The quantitative estimate of drug-likeness (QED) is 0.877. The summed E-state index contributed by atoms with van der Waals surface area (Å²) < 4.78 is 27.3. The summed E-state index contributed by atoms with van der Waals surface area (Å²) in [6.45, 7) is 2.09. The molecule has 0 saturated carbocycles. The Morgan fingerprint density at radius 1 is 1.59 bits per heavy atom. The average Bonchev–Trinajstić information content (AvgIpc) is 2.86. The van der Waals surface area contributed by atoms with E-state index < -0.39 is 10.0 Å². The Hall–Kier alpha value is -0.0800. The summed E-state index contributed by atoms with van der Waals surface area (Å²) in [4.78, 5) is 1.13. The summed E-state index contributed by atoms with van der Waals surface area (Å²) in [5.74, 6) is 1.89. The van der Waals surface area contributed by atoms with Gasteiger partial charge in [0.2, 0.25) is 10.0 Å². The average molecular weight is 292 g/mol. The fraction of sp³-hybridized carbons (Fsp3) is 0.600. The molecule has 1 aliphatic heterocycles. The predicted molar refractivity (Wildman–Crippen MR) is 73.0 cm³/mol. The van der Waals surface area contributed by atoms with Crippen LogP contribution in [-0.2, 0) is 16.6 Å². The first-order chi connectivity index (χ1) is 8.04. The SMILES string of the molecule is Cc1csc(CN)c1S(=O)(=O)NC1CCSC1. The van der Waals surface area contributed by atoms with E-state index in [9.17, 15) is 8.42 Å². The molecule has 96 valence electrons. The summed E-state index contributed by atoms with van der Waals surface area (Å²) in [7, 11) is -3.41. The number of hydrogen-bond acceptors (Lipinski definition) is 5. The second-order valence-electron chi connectivity index (χ2n) is 4.06. The van der Waals surface area contributed by atoms with Gasteiger partial charge < -0.3 is 5.73 Å². The van der Waals surface area contributed by atoms with Gasteiger partial charge in [-0.15, -0.1) is 11.3 Å². The van der Waals surface area contributed by atoms with Gasteiger partial charge in [0.25, 0.3) is 0 Å². The van der Waals surface area contributed by atoms with E-state index in [1.165, 1.54) is 11.3 Å². The van der Waals surface area contributed by atoms with E-state index in [1.54, 1.807) is 11.8 Å². The van der Waals surface area contributed by atoms with Crippen molar-refractivity contribution in [2.75, 3.05) is 11.5 Å². The number of nitrogens with two attached hydrogens (primary N) is 1. The number of rotatable bonds is 4. The molecule has 0 bridgehead atoms. The zero-order valence-electron chi connectivity index (χ0n) is 9.60. The molecular formula is C10H16N2O2S3. The van der Waals surface area contributed by atoms with Crippen LogP contribution in [0.3, 0.4) is 0 Å². The standard InChI is InChI=1S/C10H16N2O2S3/c1-7-5-16-9(4-11)10(7)17(13,14)12-8-2-3-15-6-8/h5,8,12H,2-4,6,11H2,1H3. The van der Waals surface area contributed by atoms with Gasteiger partial charge in [-0.25, -0.2) is 13.1 Å². The maximum atomic E-state index is 12.3. The second-order valence-corrected chi connectivity index (χ2v) is 7.82. The molecule has 1 saturated heterocycles. The van der Waals surface area contributed by atoms with Crippen molar-refractivity contribution in [3.05, 3.63) is 15.8 Å². The molecule has 3 N–H and O–H groups in total. The van der Waals surface area contributed by atoms with Crippen molar-refractivity contribution >= 4 is 33.1 Å². The summed E-state index contributed by atoms with van der Waals surface area (Å²) in [5, 5.41) is 1.85. The Morgan fingerprint density at radius 3 is 2.94 bits per heavy atom. The minimum atomic E-state index is -3.41. The lowest BCUT2D eigenvalue weighted by atomic mass is 10.3. The second kappa shape index (κ2) is 5.27. The Labute approximate surface area is 110 Å². The van der Waals surface area contributed by atoms with Gasteiger partial charge in [-0.1, -0.05) is 0 Å². The van der Waals surface area contributed by atoms with Crippen molar-refractivity contribution in [2.45, 2.75) is 30.8 Å². The molecule has 7 heteroatoms. The van der Waals surface area contributed by atoms with E-state index in [0.29, 0.717) is 4.90 Å². The zero-order chi connectivity index (χ0) is 12.5. The molecule has 0 spiro atoms. The molecule has 0 aliphatic carbocycles. The molecule has 1 unspecified atom stereocenters. The molecule has 0 amide bonds. The summed E-state index contributed by atoms with van der Waals surface area (Å²) >= 11 is 3.20. The normalized spacial score (nSPS) is 20.9. The van der Waals surface area contributed by atoms with Gasteiger partial charge in [0.05, 0.1) is 0 Å². The Kier molecular flexibility index (Phi) is 4.14. The van der Waals surface area contributed by atoms with E-state index in [1.807, 2.05) is 12.3 Å². The Balaban J connectivity index is 2.27. The topological polar surface area (TPSA) is 72.2 Å². The third-order valence-corrected chi connectivity index (χ3v) is 6.86. The minimum absolute atomic E-state index is 0.0647. The molecule has 0 aromatic carbocycles. The molecular weight excluding hydrogens is 276 g/mol. The largest absolute Gasteiger partial charge is 0.326 e. The van der Waals surface area contributed by atoms with Crippen molar-refractivity contribution in [2.24, 2.45) is 5.73 Å². The van der Waals surface area contributed by atoms with E-state index in [0.717, 1.165) is 28.4 Å². The van der Waals surface area contributed by atoms with Crippen LogP contribution in [0.2, 0.25) is 0 Å². The minimum Gasteiger partial charge on any atom is -0.326 e. The van der Waals surface area contributed by atoms with Crippen molar-refractivity contribution in [3.63, 3.8) is 0 Å². The van der Waals surface area contributed by atoms with Gasteiger partial charge in [-0.3, -0.25) is 0 Å². The van der Waals surface area contributed by atoms with Gasteiger partial charge in [-0.05, 0) is 30.0 Å². The highest BCUT2D eigenvalue weighted by atomic mass is 32.2. The first kappa shape index (κ1) is 13.4. The van der Waals surface area contributed by atoms with Crippen molar-refractivity contribution in [1.82, 2.24) is 4.72 Å². The van der Waals surface area contributed by atoms with Gasteiger partial charge in [-0.2, -0.15) is 11.8 Å². The smallest absolute Gasteiger partial charge is 0.242 e. The number of thioether (sulfide) groups is 1. The maximum Gasteiger partial charge on any atom is 0.242 e. The van der Waals surface area contributed by atoms with Gasteiger partial charge >= 0.3 is 0 Å². The van der Waals surface area contributed by atoms with Crippen LogP contribution < -0.4 is 10.5 Å². The van der Waals surface area contributed by atoms with Crippen LogP contribution in [0.5, 0.6) is 0 Å². The van der Waals surface area contributed by atoms with E-state index >= 15 is 0 Å². The van der Waals surface area contributed by atoms with Crippen LogP contribution in [-0.4, -0.2) is 26.0 Å². The highest BCUT2D eigenvalue weighted by Crippen LogP contribution is 2.27. The lowest BCUT2D eigenvalue weighted by Crippen LogP contribution is -2.35. The first-order valence-electron chi connectivity index (χ1n) is 5.41. The van der Waals surface area contributed by atoms with Crippen LogP contribution in [0, 0.1) is 6.92 Å². The van der Waals surface area contributed by atoms with Crippen LogP contribution in [0.15, 0.2) is 10.3 Å². The highest BCUT2D eigenvalue weighted by Gasteiger charge is 2.27. The summed E-state index contributed by atoms with van der Waals surface area (Å²) in [5.41, 5.74) is 6.37. The summed E-state index contributed by atoms with van der Waals surface area (Å²) in [6, 6.07) is 0.0647. The van der Waals surface area contributed by atoms with E-state index in [-0.39, 0.29) is 12.6 Å². The summed E-state index contributed by atoms with van der Waals surface area (Å²) in [6.07, 6.45) is 0.908. The third-order valence-electron chi connectivity index (χ3n) is 2.69. The molecule has 0 radical (unpaired) electrons. The number of hydrogen-bond donors (Lipinski definition) is 2. The molecule has 2 rings (SSSR count). The number of aryl methyl sites for hydroxylation is 1. The highest BCUT2D eigenvalue weighted by molar-refractivity contribution is 7.99. The molecule has 1 aliphatic rings. The molecule has 4 nitrogen and oxygen atoms in total. The van der Waals surface area contributed by atoms with Crippen molar-refractivity contribution in [1.29, 1.82) is 0 Å². The lowest BCUT2D eigenvalue weighted by Gasteiger charge is -2.13. The molecule has 1 atom stereocenters. The monoisotopic (exact) mass is 292 g/mol. The fourth-order valence-corrected chi connectivity index (χ4v) is 6.13. The van der Waals surface area contributed by atoms with Gasteiger partial charge in [0, 0.05) is 23.2 Å². The predicted octanol–water partition coefficient (Wildman–Crippen LogP) is 1.30. The molecule has 1 aromatic heterocycles.